The number of amides is 1. The number of anilines is 1. The minimum Gasteiger partial charge on any atom is -0.470 e. The van der Waals surface area contributed by atoms with Gasteiger partial charge in [0.2, 0.25) is 11.7 Å². The molecule has 3 heterocycles. The first-order valence-corrected chi connectivity index (χ1v) is 10.4. The van der Waals surface area contributed by atoms with Crippen molar-refractivity contribution < 1.29 is 27.1 Å². The standard InChI is InChI=1S/C22H20F4N6O2/c23-19-20(32-7-1-2-16(32)14-3-5-15(6-4-14)22(24,25)26)30-12-31-21(19)34-11-13-9-28-18(29-10-13)8-17(27)33/h3-6,9-10,12,16H,1-2,7-8,11H2,(H2,27,33). The van der Waals surface area contributed by atoms with E-state index in [1.807, 2.05) is 0 Å². The van der Waals surface area contributed by atoms with E-state index in [0.717, 1.165) is 18.6 Å². The highest BCUT2D eigenvalue weighted by Gasteiger charge is 2.33. The molecule has 0 radical (unpaired) electrons. The van der Waals surface area contributed by atoms with Crippen LogP contribution in [0.25, 0.3) is 0 Å². The van der Waals surface area contributed by atoms with Gasteiger partial charge in [0.1, 0.15) is 18.8 Å². The Bertz CT molecular complexity index is 1160. The van der Waals surface area contributed by atoms with Crippen LogP contribution in [-0.4, -0.2) is 32.4 Å². The Labute approximate surface area is 191 Å². The van der Waals surface area contributed by atoms with Gasteiger partial charge in [0, 0.05) is 24.5 Å². The molecule has 2 aromatic heterocycles. The fraction of sp³-hybridized carbons (Fsp3) is 0.318. The van der Waals surface area contributed by atoms with Crippen molar-refractivity contribution in [1.29, 1.82) is 0 Å². The van der Waals surface area contributed by atoms with Crippen LogP contribution in [0.5, 0.6) is 5.88 Å². The summed E-state index contributed by atoms with van der Waals surface area (Å²) in [6.07, 6.45) is 0.883. The van der Waals surface area contributed by atoms with Gasteiger partial charge in [-0.1, -0.05) is 12.1 Å². The fourth-order valence-corrected chi connectivity index (χ4v) is 3.76. The molecule has 0 spiro atoms. The SMILES string of the molecule is NC(=O)Cc1ncc(COc2ncnc(N3CCCC3c3ccc(C(F)(F)F)cc3)c2F)cn1. The Morgan fingerprint density at radius 2 is 1.82 bits per heavy atom. The summed E-state index contributed by atoms with van der Waals surface area (Å²) in [4.78, 5) is 28.5. The number of halogens is 4. The highest BCUT2D eigenvalue weighted by atomic mass is 19.4. The van der Waals surface area contributed by atoms with Crippen molar-refractivity contribution in [3.8, 4) is 5.88 Å². The molecule has 0 bridgehead atoms. The smallest absolute Gasteiger partial charge is 0.416 e. The molecule has 1 aromatic carbocycles. The second kappa shape index (κ2) is 9.57. The molecular formula is C22H20F4N6O2. The number of alkyl halides is 3. The van der Waals surface area contributed by atoms with Crippen molar-refractivity contribution in [2.45, 2.75) is 38.1 Å². The molecular weight excluding hydrogens is 456 g/mol. The summed E-state index contributed by atoms with van der Waals surface area (Å²) in [5, 5.41) is 0. The Balaban J connectivity index is 1.49. The number of rotatable bonds is 7. The van der Waals surface area contributed by atoms with E-state index in [2.05, 4.69) is 19.9 Å². The van der Waals surface area contributed by atoms with Crippen LogP contribution in [0.4, 0.5) is 23.4 Å². The van der Waals surface area contributed by atoms with E-state index in [4.69, 9.17) is 10.5 Å². The van der Waals surface area contributed by atoms with Crippen molar-refractivity contribution in [3.05, 3.63) is 71.3 Å². The first kappa shape index (κ1) is 23.3. The van der Waals surface area contributed by atoms with Crippen LogP contribution in [0.1, 0.15) is 41.4 Å². The Hall–Kier alpha value is -3.83. The third kappa shape index (κ3) is 5.21. The Morgan fingerprint density at radius 3 is 2.47 bits per heavy atom. The minimum atomic E-state index is -4.42. The summed E-state index contributed by atoms with van der Waals surface area (Å²) in [6, 6.07) is 4.53. The van der Waals surface area contributed by atoms with Crippen molar-refractivity contribution in [2.75, 3.05) is 11.4 Å². The van der Waals surface area contributed by atoms with E-state index in [1.165, 1.54) is 30.9 Å². The van der Waals surface area contributed by atoms with E-state index in [0.29, 0.717) is 24.1 Å². The van der Waals surface area contributed by atoms with Crippen molar-refractivity contribution in [3.63, 3.8) is 0 Å². The molecule has 1 saturated heterocycles. The molecule has 3 aromatic rings. The van der Waals surface area contributed by atoms with Gasteiger partial charge in [0.25, 0.3) is 5.88 Å². The number of ether oxygens (including phenoxy) is 1. The van der Waals surface area contributed by atoms with E-state index >= 15 is 4.39 Å². The summed E-state index contributed by atoms with van der Waals surface area (Å²) < 4.78 is 59.4. The second-order valence-electron chi connectivity index (χ2n) is 7.73. The van der Waals surface area contributed by atoms with Gasteiger partial charge >= 0.3 is 6.18 Å². The Kier molecular flexibility index (Phi) is 6.57. The molecule has 178 valence electrons. The summed E-state index contributed by atoms with van der Waals surface area (Å²) >= 11 is 0. The van der Waals surface area contributed by atoms with Crippen LogP contribution in [-0.2, 0) is 24.0 Å². The van der Waals surface area contributed by atoms with Crippen LogP contribution in [0, 0.1) is 5.82 Å². The summed E-state index contributed by atoms with van der Waals surface area (Å²) in [6.45, 7) is 0.404. The van der Waals surface area contributed by atoms with Crippen LogP contribution in [0.2, 0.25) is 0 Å². The number of nitrogens with zero attached hydrogens (tertiary/aromatic N) is 5. The lowest BCUT2D eigenvalue weighted by Crippen LogP contribution is -2.25. The predicted octanol–water partition coefficient (Wildman–Crippen LogP) is 3.37. The monoisotopic (exact) mass is 476 g/mol. The lowest BCUT2D eigenvalue weighted by Gasteiger charge is -2.26. The molecule has 0 aliphatic carbocycles. The van der Waals surface area contributed by atoms with Gasteiger partial charge in [0.05, 0.1) is 18.0 Å². The first-order chi connectivity index (χ1) is 16.2. The molecule has 1 atom stereocenters. The topological polar surface area (TPSA) is 107 Å². The number of nitrogens with two attached hydrogens (primary N) is 1. The zero-order chi connectivity index (χ0) is 24.3. The molecule has 8 nitrogen and oxygen atoms in total. The van der Waals surface area contributed by atoms with Crippen molar-refractivity contribution in [2.24, 2.45) is 5.73 Å². The van der Waals surface area contributed by atoms with Gasteiger partial charge in [-0.3, -0.25) is 4.79 Å². The number of benzene rings is 1. The average molecular weight is 476 g/mol. The lowest BCUT2D eigenvalue weighted by molar-refractivity contribution is -0.137. The van der Waals surface area contributed by atoms with Gasteiger partial charge in [-0.25, -0.2) is 15.0 Å². The summed E-state index contributed by atoms with van der Waals surface area (Å²) in [7, 11) is 0. The number of carbonyl (C=O) groups excluding carboxylic acids is 1. The zero-order valence-corrected chi connectivity index (χ0v) is 17.8. The molecule has 4 rings (SSSR count). The van der Waals surface area contributed by atoms with Crippen LogP contribution >= 0.6 is 0 Å². The Morgan fingerprint density at radius 1 is 1.12 bits per heavy atom. The number of hydrogen-bond acceptors (Lipinski definition) is 7. The minimum absolute atomic E-state index is 0.0143. The van der Waals surface area contributed by atoms with E-state index < -0.39 is 23.5 Å². The third-order valence-electron chi connectivity index (χ3n) is 5.35. The number of carbonyl (C=O) groups is 1. The highest BCUT2D eigenvalue weighted by Crippen LogP contribution is 2.38. The maximum Gasteiger partial charge on any atom is 0.416 e. The fourth-order valence-electron chi connectivity index (χ4n) is 3.76. The predicted molar refractivity (Wildman–Crippen MR) is 112 cm³/mol. The first-order valence-electron chi connectivity index (χ1n) is 10.4. The molecule has 1 amide bonds. The van der Waals surface area contributed by atoms with E-state index in [-0.39, 0.29) is 36.6 Å². The van der Waals surface area contributed by atoms with Crippen LogP contribution < -0.4 is 15.4 Å². The zero-order valence-electron chi connectivity index (χ0n) is 17.8. The maximum absolute atomic E-state index is 15.2. The van der Waals surface area contributed by atoms with E-state index in [1.54, 1.807) is 4.90 Å². The lowest BCUT2D eigenvalue weighted by atomic mass is 10.0. The molecule has 34 heavy (non-hydrogen) atoms. The van der Waals surface area contributed by atoms with Crippen molar-refractivity contribution >= 4 is 11.7 Å². The van der Waals surface area contributed by atoms with Gasteiger partial charge in [0.15, 0.2) is 5.82 Å². The molecule has 1 aliphatic heterocycles. The number of hydrogen-bond donors (Lipinski definition) is 1. The van der Waals surface area contributed by atoms with Gasteiger partial charge in [-0.2, -0.15) is 22.5 Å². The van der Waals surface area contributed by atoms with Crippen LogP contribution in [0.15, 0.2) is 43.0 Å². The number of aromatic nitrogens is 4. The van der Waals surface area contributed by atoms with E-state index in [9.17, 15) is 18.0 Å². The normalized spacial score (nSPS) is 16.0. The largest absolute Gasteiger partial charge is 0.470 e. The summed E-state index contributed by atoms with van der Waals surface area (Å²) in [5.41, 5.74) is 5.53. The van der Waals surface area contributed by atoms with Gasteiger partial charge < -0.3 is 15.4 Å². The van der Waals surface area contributed by atoms with Gasteiger partial charge in [-0.15, -0.1) is 0 Å². The molecule has 12 heteroatoms. The average Bonchev–Trinajstić information content (AvgIpc) is 3.28. The summed E-state index contributed by atoms with van der Waals surface area (Å²) in [5.74, 6) is -1.33. The molecule has 0 saturated carbocycles. The van der Waals surface area contributed by atoms with Crippen LogP contribution in [0.3, 0.4) is 0 Å². The molecule has 2 N–H and O–H groups in total. The third-order valence-corrected chi connectivity index (χ3v) is 5.35. The molecule has 1 unspecified atom stereocenters. The van der Waals surface area contributed by atoms with Gasteiger partial charge in [-0.05, 0) is 30.5 Å². The maximum atomic E-state index is 15.2. The second-order valence-corrected chi connectivity index (χ2v) is 7.73. The molecule has 1 aliphatic rings. The highest BCUT2D eigenvalue weighted by molar-refractivity contribution is 5.75. The number of primary amides is 1. The molecule has 1 fully saturated rings. The quantitative estimate of drug-likeness (QED) is 0.521. The van der Waals surface area contributed by atoms with Crippen molar-refractivity contribution in [1.82, 2.24) is 19.9 Å².